The molecule has 0 aliphatic heterocycles. The van der Waals surface area contributed by atoms with Gasteiger partial charge in [-0.15, -0.1) is 0 Å². The average Bonchev–Trinajstić information content (AvgIpc) is 2.82. The predicted octanol–water partition coefficient (Wildman–Crippen LogP) is 4.96. The van der Waals surface area contributed by atoms with E-state index in [1.54, 1.807) is 6.07 Å². The van der Waals surface area contributed by atoms with Crippen LogP contribution in [0.15, 0.2) is 36.7 Å². The number of nitrogens with zero attached hydrogens (tertiary/aromatic N) is 3. The number of carbonyl (C=O) groups excluding carboxylic acids is 1. The van der Waals surface area contributed by atoms with Crippen LogP contribution < -0.4 is 15.4 Å². The first-order valence-electron chi connectivity index (χ1n) is 12.1. The third-order valence-electron chi connectivity index (χ3n) is 5.79. The second-order valence-corrected chi connectivity index (χ2v) is 9.00. The van der Waals surface area contributed by atoms with Gasteiger partial charge in [0.15, 0.2) is 0 Å². The molecular formula is C28H31N5O2ReY-2. The molecule has 2 radical (unpaired) electrons. The van der Waals surface area contributed by atoms with Crippen molar-refractivity contribution in [1.29, 1.82) is 0 Å². The fraction of sp³-hybridized carbons (Fsp3) is 0.393. The number of nitrogens with one attached hydrogen (secondary N) is 2. The topological polar surface area (TPSA) is 79.4 Å². The van der Waals surface area contributed by atoms with Gasteiger partial charge in [0.05, 0.1) is 24.8 Å². The second kappa shape index (κ2) is 16.2. The van der Waals surface area contributed by atoms with Crippen LogP contribution in [-0.4, -0.2) is 47.5 Å². The first-order chi connectivity index (χ1) is 17.1. The van der Waals surface area contributed by atoms with Gasteiger partial charge in [-0.25, -0.2) is 10.7 Å². The van der Waals surface area contributed by atoms with Crippen molar-refractivity contribution >= 4 is 34.0 Å². The summed E-state index contributed by atoms with van der Waals surface area (Å²) in [6, 6.07) is 15.8. The normalized spacial score (nSPS) is 13.7. The summed E-state index contributed by atoms with van der Waals surface area (Å²) < 4.78 is 6.24. The SMILES string of the molecule is CN(C)CC#CC(=O)Nc1[c-]cc2ncnc(Nc3ccc(OC4CCCCCCC4)cc3)c2[c-]1.[Re].[Y]. The van der Waals surface area contributed by atoms with E-state index in [1.165, 1.54) is 38.4 Å². The zero-order chi connectivity index (χ0) is 24.5. The molecule has 0 bridgehead atoms. The maximum atomic E-state index is 12.1. The molecular weight excluding hydrogens is 713 g/mol. The molecule has 1 amide bonds. The van der Waals surface area contributed by atoms with E-state index in [4.69, 9.17) is 4.74 Å². The molecule has 37 heavy (non-hydrogen) atoms. The molecule has 1 aromatic heterocycles. The summed E-state index contributed by atoms with van der Waals surface area (Å²) in [7, 11) is 3.79. The van der Waals surface area contributed by atoms with Crippen LogP contribution in [0.4, 0.5) is 17.2 Å². The quantitative estimate of drug-likeness (QED) is 0.275. The van der Waals surface area contributed by atoms with Crippen molar-refractivity contribution in [3.05, 3.63) is 48.8 Å². The number of carbonyl (C=O) groups is 1. The Balaban J connectivity index is 0.00000241. The molecule has 1 heterocycles. The van der Waals surface area contributed by atoms with E-state index in [1.807, 2.05) is 43.3 Å². The Labute approximate surface area is 258 Å². The predicted molar refractivity (Wildman–Crippen MR) is 139 cm³/mol. The van der Waals surface area contributed by atoms with Gasteiger partial charge in [-0.2, -0.15) is 10.9 Å². The van der Waals surface area contributed by atoms with Gasteiger partial charge in [0.25, 0.3) is 5.91 Å². The second-order valence-electron chi connectivity index (χ2n) is 9.00. The zero-order valence-corrected chi connectivity index (χ0v) is 26.9. The minimum Gasteiger partial charge on any atom is -0.490 e. The molecule has 192 valence electrons. The number of benzene rings is 2. The van der Waals surface area contributed by atoms with Crippen molar-refractivity contribution in [1.82, 2.24) is 14.9 Å². The molecule has 7 nitrogen and oxygen atoms in total. The Bertz CT molecular complexity index is 1200. The van der Waals surface area contributed by atoms with Crippen molar-refractivity contribution in [3.8, 4) is 17.6 Å². The summed E-state index contributed by atoms with van der Waals surface area (Å²) >= 11 is 0. The summed E-state index contributed by atoms with van der Waals surface area (Å²) in [6.45, 7) is 0.505. The van der Waals surface area contributed by atoms with E-state index in [0.29, 0.717) is 35.1 Å². The van der Waals surface area contributed by atoms with E-state index < -0.39 is 5.91 Å². The maximum Gasteiger partial charge on any atom is 0.296 e. The van der Waals surface area contributed by atoms with Crippen molar-refractivity contribution in [3.63, 3.8) is 0 Å². The molecule has 0 saturated heterocycles. The number of rotatable bonds is 6. The van der Waals surface area contributed by atoms with E-state index in [0.717, 1.165) is 24.3 Å². The van der Waals surface area contributed by atoms with Gasteiger partial charge in [0, 0.05) is 58.8 Å². The van der Waals surface area contributed by atoms with Crippen molar-refractivity contribution in [2.75, 3.05) is 31.3 Å². The minimum absolute atomic E-state index is 0. The molecule has 1 fully saturated rings. The monoisotopic (exact) mass is 745 g/mol. The van der Waals surface area contributed by atoms with Crippen LogP contribution in [0.3, 0.4) is 0 Å². The van der Waals surface area contributed by atoms with Gasteiger partial charge >= 0.3 is 0 Å². The first kappa shape index (κ1) is 31.4. The molecule has 1 aliphatic carbocycles. The molecule has 0 unspecified atom stereocenters. The average molecular weight is 745 g/mol. The molecule has 4 rings (SSSR count). The van der Waals surface area contributed by atoms with Gasteiger partial charge in [0.1, 0.15) is 5.75 Å². The molecule has 2 aromatic carbocycles. The number of amides is 1. The van der Waals surface area contributed by atoms with E-state index in [2.05, 4.69) is 44.6 Å². The van der Waals surface area contributed by atoms with Gasteiger partial charge in [-0.3, -0.25) is 15.8 Å². The minimum atomic E-state index is -0.412. The Kier molecular flexibility index (Phi) is 13.7. The van der Waals surface area contributed by atoms with Crippen LogP contribution in [0.5, 0.6) is 5.75 Å². The van der Waals surface area contributed by atoms with Gasteiger partial charge in [-0.1, -0.05) is 25.2 Å². The van der Waals surface area contributed by atoms with Crippen molar-refractivity contribution < 1.29 is 62.7 Å². The molecule has 1 saturated carbocycles. The maximum absolute atomic E-state index is 12.1. The largest absolute Gasteiger partial charge is 0.490 e. The summed E-state index contributed by atoms with van der Waals surface area (Å²) in [6.07, 6.45) is 10.5. The standard InChI is InChI=1S/C28H31N5O2.Re.Y/c1-33(2)18-8-11-27(34)31-22-14-17-26-25(19-22)28(30-20-29-26)32-21-12-15-24(16-13-21)35-23-9-6-4-3-5-7-10-23;;/h12-13,15-17,20,23H,3-7,9-10,18H2,1-2H3,(H,31,34)(H,29,30,32);;/q-2;;. The zero-order valence-electron chi connectivity index (χ0n) is 21.3. The fourth-order valence-electron chi connectivity index (χ4n) is 4.00. The number of anilines is 3. The van der Waals surface area contributed by atoms with Crippen LogP contribution in [0, 0.1) is 24.0 Å². The van der Waals surface area contributed by atoms with Crippen LogP contribution in [0.25, 0.3) is 10.9 Å². The van der Waals surface area contributed by atoms with Crippen LogP contribution >= 0.6 is 0 Å². The fourth-order valence-corrected chi connectivity index (χ4v) is 4.00. The molecule has 9 heteroatoms. The smallest absolute Gasteiger partial charge is 0.296 e. The summed E-state index contributed by atoms with van der Waals surface area (Å²) in [5.41, 5.74) is 1.93. The summed E-state index contributed by atoms with van der Waals surface area (Å²) in [4.78, 5) is 22.7. The number of hydrogen-bond donors (Lipinski definition) is 2. The summed E-state index contributed by atoms with van der Waals surface area (Å²) in [5.74, 6) is 6.44. The molecule has 1 aliphatic rings. The number of ether oxygens (including phenoxy) is 1. The number of hydrogen-bond acceptors (Lipinski definition) is 6. The third-order valence-corrected chi connectivity index (χ3v) is 5.79. The van der Waals surface area contributed by atoms with E-state index in [-0.39, 0.29) is 53.1 Å². The van der Waals surface area contributed by atoms with Crippen molar-refractivity contribution in [2.45, 2.75) is 51.0 Å². The Morgan fingerprint density at radius 2 is 1.81 bits per heavy atom. The molecule has 0 spiro atoms. The summed E-state index contributed by atoms with van der Waals surface area (Å²) in [5, 5.41) is 6.69. The van der Waals surface area contributed by atoms with Crippen LogP contribution in [0.2, 0.25) is 0 Å². The first-order valence-corrected chi connectivity index (χ1v) is 12.1. The van der Waals surface area contributed by atoms with Gasteiger partial charge in [0.2, 0.25) is 0 Å². The molecule has 2 N–H and O–H groups in total. The molecule has 0 atom stereocenters. The van der Waals surface area contributed by atoms with E-state index >= 15 is 0 Å². The third kappa shape index (κ3) is 10.1. The van der Waals surface area contributed by atoms with Gasteiger partial charge < -0.3 is 32.5 Å². The number of fused-ring (bicyclic) bond motifs is 1. The molecule has 3 aromatic rings. The van der Waals surface area contributed by atoms with Gasteiger partial charge in [-0.05, 0) is 70.0 Å². The van der Waals surface area contributed by atoms with Crippen LogP contribution in [0.1, 0.15) is 44.9 Å². The Morgan fingerprint density at radius 1 is 1.11 bits per heavy atom. The van der Waals surface area contributed by atoms with E-state index in [9.17, 15) is 4.79 Å². The Hall–Kier alpha value is -1.86. The number of aromatic nitrogens is 2. The van der Waals surface area contributed by atoms with Crippen molar-refractivity contribution in [2.24, 2.45) is 0 Å². The van der Waals surface area contributed by atoms with Crippen LogP contribution in [-0.2, 0) is 57.9 Å². The Morgan fingerprint density at radius 3 is 2.51 bits per heavy atom.